The van der Waals surface area contributed by atoms with Gasteiger partial charge in [-0.05, 0) is 18.6 Å². The number of amides is 1. The van der Waals surface area contributed by atoms with E-state index in [1.165, 1.54) is 0 Å². The first-order valence-electron chi connectivity index (χ1n) is 5.43. The summed E-state index contributed by atoms with van der Waals surface area (Å²) < 4.78 is 5.66. The van der Waals surface area contributed by atoms with Crippen molar-refractivity contribution in [3.63, 3.8) is 0 Å². The molecule has 0 saturated carbocycles. The number of nitrogens with one attached hydrogen (secondary N) is 1. The Kier molecular flexibility index (Phi) is 2.13. The molecule has 82 valence electrons. The smallest absolute Gasteiger partial charge is 0.240 e. The van der Waals surface area contributed by atoms with Gasteiger partial charge in [0.1, 0.15) is 5.75 Å². The van der Waals surface area contributed by atoms with Crippen LogP contribution in [0.1, 0.15) is 18.4 Å². The van der Waals surface area contributed by atoms with E-state index < -0.39 is 0 Å². The quantitative estimate of drug-likeness (QED) is 0.710. The number of para-hydroxylation sites is 1. The van der Waals surface area contributed by atoms with Crippen molar-refractivity contribution in [2.75, 3.05) is 6.61 Å². The lowest BCUT2D eigenvalue weighted by molar-refractivity contribution is -0.122. The van der Waals surface area contributed by atoms with Crippen LogP contribution in [0.15, 0.2) is 29.4 Å². The van der Waals surface area contributed by atoms with Crippen LogP contribution in [-0.4, -0.2) is 18.2 Å². The van der Waals surface area contributed by atoms with Gasteiger partial charge in [-0.15, -0.1) is 0 Å². The molecule has 4 nitrogen and oxygen atoms in total. The Labute approximate surface area is 93.3 Å². The summed E-state index contributed by atoms with van der Waals surface area (Å²) >= 11 is 0. The van der Waals surface area contributed by atoms with Gasteiger partial charge in [-0.25, -0.2) is 5.43 Å². The van der Waals surface area contributed by atoms with Crippen LogP contribution in [0, 0.1) is 5.92 Å². The van der Waals surface area contributed by atoms with Gasteiger partial charge in [0.15, 0.2) is 0 Å². The number of fused-ring (bicyclic) bond motifs is 3. The van der Waals surface area contributed by atoms with Crippen LogP contribution < -0.4 is 10.2 Å². The van der Waals surface area contributed by atoms with E-state index in [0.29, 0.717) is 13.0 Å². The van der Waals surface area contributed by atoms with Crippen molar-refractivity contribution in [1.29, 1.82) is 0 Å². The molecule has 0 aliphatic carbocycles. The molecule has 2 aliphatic heterocycles. The molecule has 1 aromatic carbocycles. The van der Waals surface area contributed by atoms with E-state index in [1.54, 1.807) is 0 Å². The second kappa shape index (κ2) is 3.63. The van der Waals surface area contributed by atoms with Gasteiger partial charge in [0.05, 0.1) is 12.3 Å². The molecule has 0 aromatic heterocycles. The summed E-state index contributed by atoms with van der Waals surface area (Å²) in [7, 11) is 0. The van der Waals surface area contributed by atoms with E-state index in [1.807, 2.05) is 24.3 Å². The minimum absolute atomic E-state index is 0.00636. The Morgan fingerprint density at radius 3 is 3.19 bits per heavy atom. The van der Waals surface area contributed by atoms with Crippen molar-refractivity contribution >= 4 is 11.6 Å². The Bertz CT molecular complexity index is 468. The summed E-state index contributed by atoms with van der Waals surface area (Å²) in [6, 6.07) is 7.84. The van der Waals surface area contributed by atoms with Crippen molar-refractivity contribution in [2.45, 2.75) is 12.8 Å². The van der Waals surface area contributed by atoms with Gasteiger partial charge in [-0.2, -0.15) is 5.10 Å². The van der Waals surface area contributed by atoms with Gasteiger partial charge in [0, 0.05) is 17.9 Å². The van der Waals surface area contributed by atoms with Crippen molar-refractivity contribution in [2.24, 2.45) is 11.0 Å². The molecule has 0 bridgehead atoms. The highest BCUT2D eigenvalue weighted by Crippen LogP contribution is 2.29. The van der Waals surface area contributed by atoms with Crippen LogP contribution in [0.4, 0.5) is 0 Å². The van der Waals surface area contributed by atoms with E-state index in [0.717, 1.165) is 23.4 Å². The third-order valence-corrected chi connectivity index (χ3v) is 3.01. The number of hydrazone groups is 1. The molecule has 0 radical (unpaired) electrons. The van der Waals surface area contributed by atoms with E-state index >= 15 is 0 Å². The monoisotopic (exact) mass is 216 g/mol. The highest BCUT2D eigenvalue weighted by atomic mass is 16.5. The first-order chi connectivity index (χ1) is 7.84. The summed E-state index contributed by atoms with van der Waals surface area (Å²) in [6.45, 7) is 0.647. The van der Waals surface area contributed by atoms with Crippen molar-refractivity contribution in [3.05, 3.63) is 29.8 Å². The molecule has 0 spiro atoms. The minimum atomic E-state index is -0.00636. The number of rotatable bonds is 0. The molecule has 1 unspecified atom stereocenters. The SMILES string of the molecule is O=C1CC2CCOc3ccccc3C2=NN1. The molecule has 2 heterocycles. The number of benzene rings is 1. The fraction of sp³-hybridized carbons (Fsp3) is 0.333. The molecule has 1 amide bonds. The van der Waals surface area contributed by atoms with Crippen LogP contribution in [0.3, 0.4) is 0 Å². The van der Waals surface area contributed by atoms with Crippen LogP contribution in [-0.2, 0) is 4.79 Å². The lowest BCUT2D eigenvalue weighted by Crippen LogP contribution is -2.33. The fourth-order valence-electron chi connectivity index (χ4n) is 2.21. The largest absolute Gasteiger partial charge is 0.493 e. The van der Waals surface area contributed by atoms with Crippen molar-refractivity contribution < 1.29 is 9.53 Å². The van der Waals surface area contributed by atoms with Gasteiger partial charge >= 0.3 is 0 Å². The molecule has 3 rings (SSSR count). The average Bonchev–Trinajstić information content (AvgIpc) is 2.47. The first kappa shape index (κ1) is 9.39. The second-order valence-electron chi connectivity index (χ2n) is 4.07. The van der Waals surface area contributed by atoms with E-state index in [9.17, 15) is 4.79 Å². The van der Waals surface area contributed by atoms with Crippen LogP contribution in [0.5, 0.6) is 5.75 Å². The van der Waals surface area contributed by atoms with Crippen LogP contribution in [0.2, 0.25) is 0 Å². The van der Waals surface area contributed by atoms with Crippen molar-refractivity contribution in [3.8, 4) is 5.75 Å². The van der Waals surface area contributed by atoms with E-state index in [4.69, 9.17) is 4.74 Å². The summed E-state index contributed by atoms with van der Waals surface area (Å²) in [4.78, 5) is 11.3. The molecular formula is C12H12N2O2. The molecule has 2 aliphatic rings. The Morgan fingerprint density at radius 1 is 1.38 bits per heavy atom. The van der Waals surface area contributed by atoms with Crippen molar-refractivity contribution in [1.82, 2.24) is 5.43 Å². The summed E-state index contributed by atoms with van der Waals surface area (Å²) in [5, 5.41) is 4.17. The minimum Gasteiger partial charge on any atom is -0.493 e. The molecule has 1 atom stereocenters. The highest BCUT2D eigenvalue weighted by molar-refractivity contribution is 6.07. The Morgan fingerprint density at radius 2 is 2.25 bits per heavy atom. The lowest BCUT2D eigenvalue weighted by Gasteiger charge is -2.20. The number of carbonyl (C=O) groups excluding carboxylic acids is 1. The van der Waals surface area contributed by atoms with E-state index in [-0.39, 0.29) is 11.8 Å². The number of carbonyl (C=O) groups is 1. The summed E-state index contributed by atoms with van der Waals surface area (Å²) in [6.07, 6.45) is 1.36. The maximum Gasteiger partial charge on any atom is 0.240 e. The Hall–Kier alpha value is -1.84. The molecule has 1 aromatic rings. The maximum absolute atomic E-state index is 11.3. The molecular weight excluding hydrogens is 204 g/mol. The number of hydrogen-bond acceptors (Lipinski definition) is 3. The predicted octanol–water partition coefficient (Wildman–Crippen LogP) is 1.31. The summed E-state index contributed by atoms with van der Waals surface area (Å²) in [5.74, 6) is 1.05. The zero-order chi connectivity index (χ0) is 11.0. The van der Waals surface area contributed by atoms with Crippen LogP contribution in [0.25, 0.3) is 0 Å². The average molecular weight is 216 g/mol. The Balaban J connectivity index is 2.09. The molecule has 0 saturated heterocycles. The number of ether oxygens (including phenoxy) is 1. The highest BCUT2D eigenvalue weighted by Gasteiger charge is 2.29. The molecule has 1 N–H and O–H groups in total. The van der Waals surface area contributed by atoms with Crippen LogP contribution >= 0.6 is 0 Å². The standard InChI is InChI=1S/C12H12N2O2/c15-11-7-8-5-6-16-10-4-2-1-3-9(10)12(8)14-13-11/h1-4,8H,5-7H2,(H,13,15). The third kappa shape index (κ3) is 1.46. The predicted molar refractivity (Wildman–Crippen MR) is 59.3 cm³/mol. The van der Waals surface area contributed by atoms with Gasteiger partial charge in [0.2, 0.25) is 5.91 Å². The van der Waals surface area contributed by atoms with Gasteiger partial charge in [0.25, 0.3) is 0 Å². The molecule has 16 heavy (non-hydrogen) atoms. The summed E-state index contributed by atoms with van der Waals surface area (Å²) in [5.41, 5.74) is 4.50. The lowest BCUT2D eigenvalue weighted by atomic mass is 9.90. The van der Waals surface area contributed by atoms with Gasteiger partial charge < -0.3 is 4.74 Å². The number of nitrogens with zero attached hydrogens (tertiary/aromatic N) is 1. The second-order valence-corrected chi connectivity index (χ2v) is 4.07. The normalized spacial score (nSPS) is 23.1. The third-order valence-electron chi connectivity index (χ3n) is 3.01. The molecule has 4 heteroatoms. The molecule has 0 fully saturated rings. The maximum atomic E-state index is 11.3. The van der Waals surface area contributed by atoms with E-state index in [2.05, 4.69) is 10.5 Å². The van der Waals surface area contributed by atoms with Gasteiger partial charge in [-0.3, -0.25) is 4.79 Å². The topological polar surface area (TPSA) is 50.7 Å². The first-order valence-corrected chi connectivity index (χ1v) is 5.43. The number of hydrogen-bond donors (Lipinski definition) is 1. The fourth-order valence-corrected chi connectivity index (χ4v) is 2.21. The zero-order valence-electron chi connectivity index (χ0n) is 8.77. The van der Waals surface area contributed by atoms with Gasteiger partial charge in [-0.1, -0.05) is 12.1 Å². The zero-order valence-corrected chi connectivity index (χ0v) is 8.77.